The molecule has 1 rings (SSSR count). The van der Waals surface area contributed by atoms with Gasteiger partial charge in [-0.05, 0) is 12.1 Å². The molecule has 0 radical (unpaired) electrons. The van der Waals surface area contributed by atoms with Crippen LogP contribution >= 0.6 is 0 Å². The van der Waals surface area contributed by atoms with Crippen LogP contribution in [0.4, 0.5) is 10.1 Å². The molecular formula is C8H8FNO3. The van der Waals surface area contributed by atoms with E-state index in [2.05, 4.69) is 0 Å². The second-order valence-corrected chi connectivity index (χ2v) is 2.36. The maximum absolute atomic E-state index is 12.6. The molecule has 5 heteroatoms. The van der Waals surface area contributed by atoms with E-state index in [9.17, 15) is 9.18 Å². The first-order valence-electron chi connectivity index (χ1n) is 3.49. The van der Waals surface area contributed by atoms with Crippen molar-refractivity contribution in [2.45, 2.75) is 0 Å². The van der Waals surface area contributed by atoms with Crippen LogP contribution in [-0.4, -0.2) is 17.7 Å². The smallest absolute Gasteiger partial charge is 0.341 e. The average Bonchev–Trinajstić information content (AvgIpc) is 2.06. The fourth-order valence-corrected chi connectivity index (χ4v) is 0.773. The third kappa shape index (κ3) is 2.62. The molecule has 0 aliphatic heterocycles. The van der Waals surface area contributed by atoms with Crippen molar-refractivity contribution in [3.8, 4) is 5.75 Å². The number of nitrogens with two attached hydrogens (primary N) is 1. The first kappa shape index (κ1) is 9.31. The maximum atomic E-state index is 12.6. The second kappa shape index (κ2) is 3.75. The van der Waals surface area contributed by atoms with E-state index >= 15 is 0 Å². The van der Waals surface area contributed by atoms with Crippen molar-refractivity contribution >= 4 is 11.7 Å². The Balaban J connectivity index is 2.75. The van der Waals surface area contributed by atoms with Crippen LogP contribution in [0, 0.1) is 5.82 Å². The summed E-state index contributed by atoms with van der Waals surface area (Å²) in [6, 6.07) is 3.52. The molecule has 0 heterocycles. The fraction of sp³-hybridized carbons (Fsp3) is 0.125. The zero-order valence-electron chi connectivity index (χ0n) is 6.66. The molecule has 0 saturated heterocycles. The van der Waals surface area contributed by atoms with Crippen LogP contribution in [0.1, 0.15) is 0 Å². The normalized spacial score (nSPS) is 9.62. The minimum Gasteiger partial charge on any atom is -0.480 e. The van der Waals surface area contributed by atoms with Crippen molar-refractivity contribution in [2.24, 2.45) is 0 Å². The molecule has 0 unspecified atom stereocenters. The van der Waals surface area contributed by atoms with Gasteiger partial charge in [-0.1, -0.05) is 0 Å². The van der Waals surface area contributed by atoms with Gasteiger partial charge in [-0.3, -0.25) is 0 Å². The van der Waals surface area contributed by atoms with E-state index in [0.717, 1.165) is 6.07 Å². The molecule has 3 N–H and O–H groups in total. The van der Waals surface area contributed by atoms with Crippen molar-refractivity contribution < 1.29 is 19.0 Å². The summed E-state index contributed by atoms with van der Waals surface area (Å²) >= 11 is 0. The van der Waals surface area contributed by atoms with E-state index < -0.39 is 18.4 Å². The molecule has 0 spiro atoms. The van der Waals surface area contributed by atoms with E-state index in [1.807, 2.05) is 0 Å². The largest absolute Gasteiger partial charge is 0.480 e. The summed E-state index contributed by atoms with van der Waals surface area (Å²) in [5.74, 6) is -1.61. The molecule has 13 heavy (non-hydrogen) atoms. The first-order chi connectivity index (χ1) is 6.09. The summed E-state index contributed by atoms with van der Waals surface area (Å²) in [4.78, 5) is 10.1. The quantitative estimate of drug-likeness (QED) is 0.685. The summed E-state index contributed by atoms with van der Waals surface area (Å²) in [7, 11) is 0. The third-order valence-corrected chi connectivity index (χ3v) is 1.33. The van der Waals surface area contributed by atoms with Gasteiger partial charge in [-0.25, -0.2) is 9.18 Å². The summed E-state index contributed by atoms with van der Waals surface area (Å²) in [5.41, 5.74) is 5.60. The van der Waals surface area contributed by atoms with E-state index in [0.29, 0.717) is 0 Å². The highest BCUT2D eigenvalue weighted by atomic mass is 19.1. The van der Waals surface area contributed by atoms with Crippen LogP contribution in [-0.2, 0) is 4.79 Å². The number of nitrogen functional groups attached to an aromatic ring is 1. The predicted octanol–water partition coefficient (Wildman–Crippen LogP) is 0.871. The Morgan fingerprint density at radius 2 is 2.31 bits per heavy atom. The molecule has 0 aliphatic rings. The number of ether oxygens (including phenoxy) is 1. The lowest BCUT2D eigenvalue weighted by Gasteiger charge is -2.05. The number of benzene rings is 1. The number of hydrogen-bond donors (Lipinski definition) is 2. The highest BCUT2D eigenvalue weighted by Gasteiger charge is 2.04. The molecule has 0 fully saturated rings. The van der Waals surface area contributed by atoms with Crippen molar-refractivity contribution in [3.05, 3.63) is 24.0 Å². The van der Waals surface area contributed by atoms with Crippen LogP contribution in [0.3, 0.4) is 0 Å². The van der Waals surface area contributed by atoms with E-state index in [1.54, 1.807) is 0 Å². The highest BCUT2D eigenvalue weighted by Crippen LogP contribution is 2.21. The molecule has 0 bridgehead atoms. The summed E-state index contributed by atoms with van der Waals surface area (Å²) < 4.78 is 17.3. The van der Waals surface area contributed by atoms with E-state index in [4.69, 9.17) is 15.6 Å². The van der Waals surface area contributed by atoms with Gasteiger partial charge < -0.3 is 15.6 Å². The van der Waals surface area contributed by atoms with Crippen LogP contribution in [0.15, 0.2) is 18.2 Å². The molecule has 0 aromatic heterocycles. The minimum atomic E-state index is -1.14. The van der Waals surface area contributed by atoms with E-state index in [1.165, 1.54) is 12.1 Å². The third-order valence-electron chi connectivity index (χ3n) is 1.33. The zero-order chi connectivity index (χ0) is 9.84. The number of carboxylic acid groups (broad SMARTS) is 1. The van der Waals surface area contributed by atoms with Gasteiger partial charge in [0.2, 0.25) is 0 Å². The van der Waals surface area contributed by atoms with Crippen molar-refractivity contribution in [3.63, 3.8) is 0 Å². The van der Waals surface area contributed by atoms with Crippen molar-refractivity contribution in [1.29, 1.82) is 0 Å². The van der Waals surface area contributed by atoms with Gasteiger partial charge in [-0.15, -0.1) is 0 Å². The number of anilines is 1. The number of hydrogen-bond acceptors (Lipinski definition) is 3. The number of carboxylic acids is 1. The summed E-state index contributed by atoms with van der Waals surface area (Å²) in [6.45, 7) is -0.534. The second-order valence-electron chi connectivity index (χ2n) is 2.36. The highest BCUT2D eigenvalue weighted by molar-refractivity contribution is 5.69. The van der Waals surface area contributed by atoms with Gasteiger partial charge in [-0.2, -0.15) is 0 Å². The SMILES string of the molecule is Nc1ccc(F)cc1OCC(=O)O. The number of halogens is 1. The average molecular weight is 185 g/mol. The summed E-state index contributed by atoms with van der Waals surface area (Å²) in [6.07, 6.45) is 0. The van der Waals surface area contributed by atoms with Gasteiger partial charge in [0, 0.05) is 6.07 Å². The molecule has 4 nitrogen and oxygen atoms in total. The molecular weight excluding hydrogens is 177 g/mol. The molecule has 0 saturated carbocycles. The standard InChI is InChI=1S/C8H8FNO3/c9-5-1-2-6(10)7(3-5)13-4-8(11)12/h1-3H,4,10H2,(H,11,12). The molecule has 0 atom stereocenters. The monoisotopic (exact) mass is 185 g/mol. The first-order valence-corrected chi connectivity index (χ1v) is 3.49. The Labute approximate surface area is 73.7 Å². The van der Waals surface area contributed by atoms with Gasteiger partial charge in [0.15, 0.2) is 6.61 Å². The Hall–Kier alpha value is -1.78. The topological polar surface area (TPSA) is 72.5 Å². The Kier molecular flexibility index (Phi) is 2.69. The van der Waals surface area contributed by atoms with Gasteiger partial charge in [0.05, 0.1) is 5.69 Å². The van der Waals surface area contributed by atoms with Crippen LogP contribution in [0.25, 0.3) is 0 Å². The van der Waals surface area contributed by atoms with E-state index in [-0.39, 0.29) is 11.4 Å². The molecule has 70 valence electrons. The van der Waals surface area contributed by atoms with Crippen molar-refractivity contribution in [2.75, 3.05) is 12.3 Å². The van der Waals surface area contributed by atoms with Crippen molar-refractivity contribution in [1.82, 2.24) is 0 Å². The van der Waals surface area contributed by atoms with Gasteiger partial charge >= 0.3 is 5.97 Å². The molecule has 1 aromatic rings. The van der Waals surface area contributed by atoms with Crippen LogP contribution < -0.4 is 10.5 Å². The predicted molar refractivity (Wildman–Crippen MR) is 43.9 cm³/mol. The number of aliphatic carboxylic acids is 1. The lowest BCUT2D eigenvalue weighted by molar-refractivity contribution is -0.139. The molecule has 0 amide bonds. The fourth-order valence-electron chi connectivity index (χ4n) is 0.773. The number of rotatable bonds is 3. The van der Waals surface area contributed by atoms with Gasteiger partial charge in [0.25, 0.3) is 0 Å². The molecule has 1 aromatic carbocycles. The maximum Gasteiger partial charge on any atom is 0.341 e. The molecule has 0 aliphatic carbocycles. The Morgan fingerprint density at radius 3 is 2.92 bits per heavy atom. The lowest BCUT2D eigenvalue weighted by atomic mass is 10.3. The minimum absolute atomic E-state index is 0.0439. The van der Waals surface area contributed by atoms with Gasteiger partial charge in [0.1, 0.15) is 11.6 Å². The van der Waals surface area contributed by atoms with Crippen LogP contribution in [0.5, 0.6) is 5.75 Å². The van der Waals surface area contributed by atoms with Crippen LogP contribution in [0.2, 0.25) is 0 Å². The summed E-state index contributed by atoms with van der Waals surface area (Å²) in [5, 5.41) is 8.28. The zero-order valence-corrected chi connectivity index (χ0v) is 6.66. The Bertz CT molecular complexity index is 327. The Morgan fingerprint density at radius 1 is 1.62 bits per heavy atom. The lowest BCUT2D eigenvalue weighted by Crippen LogP contribution is -2.10. The number of carbonyl (C=O) groups is 1.